The third-order valence-electron chi connectivity index (χ3n) is 4.92. The summed E-state index contributed by atoms with van der Waals surface area (Å²) >= 11 is 0. The van der Waals surface area contributed by atoms with Crippen LogP contribution < -0.4 is 5.73 Å². The zero-order chi connectivity index (χ0) is 13.8. The topological polar surface area (TPSA) is 66.6 Å². The molecular formula is C15H28N2O2. The van der Waals surface area contributed by atoms with Gasteiger partial charge in [0.15, 0.2) is 0 Å². The van der Waals surface area contributed by atoms with Crippen molar-refractivity contribution in [2.75, 3.05) is 13.2 Å². The monoisotopic (exact) mass is 268 g/mol. The fraction of sp³-hybridized carbons (Fsp3) is 0.933. The van der Waals surface area contributed by atoms with Gasteiger partial charge in [-0.25, -0.2) is 0 Å². The molecule has 3 atom stereocenters. The third kappa shape index (κ3) is 3.48. The SMILES string of the molecule is CC1CC(N)CCC1C(=O)N(CCO)C1CCCC1. The number of rotatable bonds is 4. The lowest BCUT2D eigenvalue weighted by Gasteiger charge is -2.37. The summed E-state index contributed by atoms with van der Waals surface area (Å²) in [6, 6.07) is 0.624. The number of nitrogens with two attached hydrogens (primary N) is 1. The molecule has 2 fully saturated rings. The van der Waals surface area contributed by atoms with Crippen LogP contribution in [-0.2, 0) is 4.79 Å². The number of amides is 1. The van der Waals surface area contributed by atoms with Crippen LogP contribution in [0.25, 0.3) is 0 Å². The maximum Gasteiger partial charge on any atom is 0.226 e. The Labute approximate surface area is 116 Å². The molecule has 2 aliphatic rings. The molecule has 3 N–H and O–H groups in total. The molecule has 0 spiro atoms. The molecule has 2 aliphatic carbocycles. The molecule has 4 nitrogen and oxygen atoms in total. The lowest BCUT2D eigenvalue weighted by Crippen LogP contribution is -2.47. The largest absolute Gasteiger partial charge is 0.395 e. The second kappa shape index (κ2) is 6.71. The molecule has 0 aromatic heterocycles. The minimum absolute atomic E-state index is 0.0723. The Morgan fingerprint density at radius 3 is 2.53 bits per heavy atom. The fourth-order valence-corrected chi connectivity index (χ4v) is 3.81. The molecular weight excluding hydrogens is 240 g/mol. The van der Waals surface area contributed by atoms with Crippen molar-refractivity contribution in [3.63, 3.8) is 0 Å². The van der Waals surface area contributed by atoms with E-state index in [1.165, 1.54) is 12.8 Å². The Morgan fingerprint density at radius 2 is 1.95 bits per heavy atom. The fourth-order valence-electron chi connectivity index (χ4n) is 3.81. The van der Waals surface area contributed by atoms with Gasteiger partial charge in [0, 0.05) is 24.5 Å². The van der Waals surface area contributed by atoms with Gasteiger partial charge in [0.2, 0.25) is 5.91 Å². The van der Waals surface area contributed by atoms with E-state index in [2.05, 4.69) is 6.92 Å². The first-order valence-electron chi connectivity index (χ1n) is 7.80. The molecule has 0 aromatic rings. The van der Waals surface area contributed by atoms with Gasteiger partial charge in [0.25, 0.3) is 0 Å². The highest BCUT2D eigenvalue weighted by atomic mass is 16.3. The molecule has 0 bridgehead atoms. The van der Waals surface area contributed by atoms with E-state index in [1.54, 1.807) is 0 Å². The van der Waals surface area contributed by atoms with Crippen molar-refractivity contribution in [2.24, 2.45) is 17.6 Å². The van der Waals surface area contributed by atoms with Crippen molar-refractivity contribution in [1.82, 2.24) is 4.90 Å². The summed E-state index contributed by atoms with van der Waals surface area (Å²) in [4.78, 5) is 14.7. The first kappa shape index (κ1) is 14.8. The number of nitrogens with zero attached hydrogens (tertiary/aromatic N) is 1. The molecule has 3 unspecified atom stereocenters. The van der Waals surface area contributed by atoms with Crippen LogP contribution in [0.2, 0.25) is 0 Å². The van der Waals surface area contributed by atoms with Gasteiger partial charge in [0.1, 0.15) is 0 Å². The van der Waals surface area contributed by atoms with Crippen molar-refractivity contribution in [3.8, 4) is 0 Å². The van der Waals surface area contributed by atoms with E-state index in [0.717, 1.165) is 32.1 Å². The van der Waals surface area contributed by atoms with E-state index in [0.29, 0.717) is 18.5 Å². The molecule has 0 aliphatic heterocycles. The number of carbonyl (C=O) groups is 1. The molecule has 2 saturated carbocycles. The third-order valence-corrected chi connectivity index (χ3v) is 4.92. The minimum atomic E-state index is 0.0723. The van der Waals surface area contributed by atoms with Crippen LogP contribution in [0.4, 0.5) is 0 Å². The normalized spacial score (nSPS) is 32.5. The van der Waals surface area contributed by atoms with Gasteiger partial charge in [-0.15, -0.1) is 0 Å². The quantitative estimate of drug-likeness (QED) is 0.812. The number of aliphatic hydroxyl groups excluding tert-OH is 1. The molecule has 110 valence electrons. The highest BCUT2D eigenvalue weighted by Gasteiger charge is 2.36. The highest BCUT2D eigenvalue weighted by molar-refractivity contribution is 5.79. The molecule has 0 radical (unpaired) electrons. The molecule has 1 amide bonds. The number of carbonyl (C=O) groups excluding carboxylic acids is 1. The smallest absolute Gasteiger partial charge is 0.226 e. The second-order valence-corrected chi connectivity index (χ2v) is 6.35. The van der Waals surface area contributed by atoms with Crippen molar-refractivity contribution in [3.05, 3.63) is 0 Å². The van der Waals surface area contributed by atoms with Gasteiger partial charge in [-0.3, -0.25) is 4.79 Å². The first-order chi connectivity index (χ1) is 9.13. The molecule has 0 saturated heterocycles. The summed E-state index contributed by atoms with van der Waals surface area (Å²) in [5, 5.41) is 9.24. The number of aliphatic hydroxyl groups is 1. The highest BCUT2D eigenvalue weighted by Crippen LogP contribution is 2.33. The lowest BCUT2D eigenvalue weighted by molar-refractivity contribution is -0.141. The Bertz CT molecular complexity index is 303. The molecule has 0 aromatic carbocycles. The van der Waals surface area contributed by atoms with Crippen molar-refractivity contribution in [1.29, 1.82) is 0 Å². The predicted octanol–water partition coefficient (Wildman–Crippen LogP) is 1.51. The van der Waals surface area contributed by atoms with E-state index < -0.39 is 0 Å². The Morgan fingerprint density at radius 1 is 1.26 bits per heavy atom. The summed E-state index contributed by atoms with van der Waals surface area (Å²) in [6.45, 7) is 2.72. The van der Waals surface area contributed by atoms with Crippen LogP contribution in [0, 0.1) is 11.8 Å². The maximum atomic E-state index is 12.8. The van der Waals surface area contributed by atoms with Gasteiger partial charge in [-0.1, -0.05) is 19.8 Å². The van der Waals surface area contributed by atoms with Crippen LogP contribution in [-0.4, -0.2) is 41.1 Å². The van der Waals surface area contributed by atoms with E-state index >= 15 is 0 Å². The summed E-state index contributed by atoms with van der Waals surface area (Å²) in [6.07, 6.45) is 7.46. The maximum absolute atomic E-state index is 12.8. The molecule has 19 heavy (non-hydrogen) atoms. The molecule has 0 heterocycles. The van der Waals surface area contributed by atoms with E-state index in [9.17, 15) is 9.90 Å². The van der Waals surface area contributed by atoms with Crippen LogP contribution in [0.5, 0.6) is 0 Å². The van der Waals surface area contributed by atoms with Crippen molar-refractivity contribution >= 4 is 5.91 Å². The van der Waals surface area contributed by atoms with Gasteiger partial charge >= 0.3 is 0 Å². The molecule has 2 rings (SSSR count). The summed E-state index contributed by atoms with van der Waals surface area (Å²) in [5.74, 6) is 0.756. The zero-order valence-electron chi connectivity index (χ0n) is 12.1. The Hall–Kier alpha value is -0.610. The lowest BCUT2D eigenvalue weighted by atomic mass is 9.77. The summed E-state index contributed by atoms with van der Waals surface area (Å²) < 4.78 is 0. The van der Waals surface area contributed by atoms with E-state index in [-0.39, 0.29) is 24.5 Å². The Balaban J connectivity index is 2.01. The minimum Gasteiger partial charge on any atom is -0.395 e. The average Bonchev–Trinajstić information content (AvgIpc) is 2.89. The van der Waals surface area contributed by atoms with E-state index in [1.807, 2.05) is 4.90 Å². The van der Waals surface area contributed by atoms with Crippen molar-refractivity contribution in [2.45, 2.75) is 64.0 Å². The number of hydrogen-bond donors (Lipinski definition) is 2. The Kier molecular flexibility index (Phi) is 5.22. The predicted molar refractivity (Wildman–Crippen MR) is 75.5 cm³/mol. The van der Waals surface area contributed by atoms with Gasteiger partial charge in [-0.05, 0) is 38.0 Å². The zero-order valence-corrected chi connectivity index (χ0v) is 12.1. The van der Waals surface area contributed by atoms with Crippen LogP contribution in [0.1, 0.15) is 51.9 Å². The summed E-state index contributed by atoms with van der Waals surface area (Å²) in [5.41, 5.74) is 5.98. The van der Waals surface area contributed by atoms with Crippen molar-refractivity contribution < 1.29 is 9.90 Å². The molecule has 4 heteroatoms. The van der Waals surface area contributed by atoms with Gasteiger partial charge < -0.3 is 15.7 Å². The van der Waals surface area contributed by atoms with Crippen LogP contribution in [0.3, 0.4) is 0 Å². The first-order valence-corrected chi connectivity index (χ1v) is 7.80. The van der Waals surface area contributed by atoms with Gasteiger partial charge in [0.05, 0.1) is 6.61 Å². The second-order valence-electron chi connectivity index (χ2n) is 6.35. The summed E-state index contributed by atoms with van der Waals surface area (Å²) in [7, 11) is 0. The average molecular weight is 268 g/mol. The standard InChI is InChI=1S/C15H28N2O2/c1-11-10-12(16)6-7-14(11)15(19)17(8-9-18)13-4-2-3-5-13/h11-14,18H,2-10,16H2,1H3. The van der Waals surface area contributed by atoms with Crippen LogP contribution >= 0.6 is 0 Å². The van der Waals surface area contributed by atoms with Gasteiger partial charge in [-0.2, -0.15) is 0 Å². The van der Waals surface area contributed by atoms with E-state index in [4.69, 9.17) is 5.73 Å². The van der Waals surface area contributed by atoms with Crippen LogP contribution in [0.15, 0.2) is 0 Å². The number of hydrogen-bond acceptors (Lipinski definition) is 3.